The highest BCUT2D eigenvalue weighted by Gasteiger charge is 2.41. The first-order valence-corrected chi connectivity index (χ1v) is 8.68. The second-order valence-corrected chi connectivity index (χ2v) is 8.68. The van der Waals surface area contributed by atoms with Gasteiger partial charge in [-0.1, -0.05) is 20.8 Å². The number of terminal acetylenes is 1. The monoisotopic (exact) mass is 354 g/mol. The molecule has 3 atom stereocenters. The topological polar surface area (TPSA) is 102 Å². The van der Waals surface area contributed by atoms with Crippen LogP contribution in [0.1, 0.15) is 67.2 Å². The number of ether oxygens (including phenoxy) is 1. The molecule has 144 valence electrons. The minimum absolute atomic E-state index is 0. The van der Waals surface area contributed by atoms with E-state index in [1.54, 1.807) is 20.8 Å². The number of alkyl carbamates (subject to hydrolysis) is 1. The number of aliphatic carboxylic acids is 1. The second-order valence-electron chi connectivity index (χ2n) is 8.68. The van der Waals surface area contributed by atoms with Crippen molar-refractivity contribution in [2.24, 2.45) is 17.1 Å². The van der Waals surface area contributed by atoms with Crippen molar-refractivity contribution in [2.75, 3.05) is 0 Å². The predicted octanol–water partition coefficient (Wildman–Crippen LogP) is 3.15. The van der Waals surface area contributed by atoms with E-state index in [9.17, 15) is 9.59 Å². The van der Waals surface area contributed by atoms with Crippen molar-refractivity contribution >= 4 is 12.1 Å². The zero-order chi connectivity index (χ0) is 19.8. The van der Waals surface area contributed by atoms with Gasteiger partial charge in [-0.05, 0) is 51.4 Å². The highest BCUT2D eigenvalue weighted by atomic mass is 16.6. The average Bonchev–Trinajstić information content (AvgIpc) is 3.10. The van der Waals surface area contributed by atoms with Crippen molar-refractivity contribution < 1.29 is 19.4 Å². The van der Waals surface area contributed by atoms with Crippen LogP contribution in [-0.4, -0.2) is 34.9 Å². The molecule has 1 amide bonds. The van der Waals surface area contributed by atoms with E-state index in [1.165, 1.54) is 0 Å². The maximum Gasteiger partial charge on any atom is 0.408 e. The molecule has 4 N–H and O–H groups in total. The SMILES string of the molecule is C#CCCCC1CC1OC(=O)NC(C(=O)O)C(C)(C)C.CC(C)(C)N. The molecule has 0 aromatic rings. The molecular weight excluding hydrogens is 320 g/mol. The molecule has 0 aliphatic heterocycles. The summed E-state index contributed by atoms with van der Waals surface area (Å²) in [6.07, 6.45) is 7.88. The molecule has 1 aliphatic carbocycles. The van der Waals surface area contributed by atoms with E-state index in [1.807, 2.05) is 20.8 Å². The Labute approximate surface area is 151 Å². The fourth-order valence-electron chi connectivity index (χ4n) is 2.07. The largest absolute Gasteiger partial charge is 0.480 e. The minimum Gasteiger partial charge on any atom is -0.480 e. The Morgan fingerprint density at radius 1 is 1.32 bits per heavy atom. The Morgan fingerprint density at radius 3 is 2.24 bits per heavy atom. The minimum atomic E-state index is -1.06. The number of nitrogens with two attached hydrogens (primary N) is 1. The maximum atomic E-state index is 11.7. The van der Waals surface area contributed by atoms with E-state index in [2.05, 4.69) is 11.2 Å². The van der Waals surface area contributed by atoms with Crippen LogP contribution in [-0.2, 0) is 9.53 Å². The number of carbonyl (C=O) groups excluding carboxylic acids is 1. The number of rotatable bonds is 6. The van der Waals surface area contributed by atoms with Crippen LogP contribution in [0.25, 0.3) is 0 Å². The summed E-state index contributed by atoms with van der Waals surface area (Å²) in [4.78, 5) is 22.8. The number of nitrogens with one attached hydrogen (secondary N) is 1. The first kappa shape index (κ1) is 23.3. The van der Waals surface area contributed by atoms with Crippen LogP contribution >= 0.6 is 0 Å². The predicted molar refractivity (Wildman–Crippen MR) is 99.0 cm³/mol. The lowest BCUT2D eigenvalue weighted by molar-refractivity contribution is -0.142. The smallest absolute Gasteiger partial charge is 0.408 e. The summed E-state index contributed by atoms with van der Waals surface area (Å²) in [5.41, 5.74) is 4.79. The van der Waals surface area contributed by atoms with E-state index in [0.717, 1.165) is 25.7 Å². The molecule has 0 heterocycles. The van der Waals surface area contributed by atoms with Gasteiger partial charge in [0.2, 0.25) is 0 Å². The zero-order valence-corrected chi connectivity index (χ0v) is 16.4. The molecule has 0 aromatic heterocycles. The van der Waals surface area contributed by atoms with Crippen molar-refractivity contribution in [1.82, 2.24) is 5.32 Å². The van der Waals surface area contributed by atoms with Crippen molar-refractivity contribution in [3.05, 3.63) is 0 Å². The maximum absolute atomic E-state index is 11.7. The second kappa shape index (κ2) is 9.67. The molecule has 3 unspecified atom stereocenters. The van der Waals surface area contributed by atoms with Gasteiger partial charge in [0.15, 0.2) is 0 Å². The summed E-state index contributed by atoms with van der Waals surface area (Å²) in [5, 5.41) is 11.5. The number of carboxylic acid groups (broad SMARTS) is 1. The van der Waals surface area contributed by atoms with Crippen molar-refractivity contribution in [3.63, 3.8) is 0 Å². The highest BCUT2D eigenvalue weighted by Crippen LogP contribution is 2.38. The van der Waals surface area contributed by atoms with Crippen LogP contribution < -0.4 is 11.1 Å². The van der Waals surface area contributed by atoms with Crippen molar-refractivity contribution in [3.8, 4) is 12.3 Å². The lowest BCUT2D eigenvalue weighted by Gasteiger charge is -2.27. The lowest BCUT2D eigenvalue weighted by atomic mass is 9.87. The van der Waals surface area contributed by atoms with E-state index >= 15 is 0 Å². The van der Waals surface area contributed by atoms with E-state index < -0.39 is 23.5 Å². The third-order valence-electron chi connectivity index (χ3n) is 3.39. The van der Waals surface area contributed by atoms with Crippen LogP contribution in [0.2, 0.25) is 0 Å². The van der Waals surface area contributed by atoms with Crippen LogP contribution in [0.3, 0.4) is 0 Å². The van der Waals surface area contributed by atoms with Gasteiger partial charge in [-0.3, -0.25) is 0 Å². The van der Waals surface area contributed by atoms with Gasteiger partial charge in [-0.15, -0.1) is 12.3 Å². The summed E-state index contributed by atoms with van der Waals surface area (Å²) in [5.74, 6) is 1.88. The molecule has 0 spiro atoms. The molecule has 6 nitrogen and oxygen atoms in total. The van der Waals surface area contributed by atoms with Crippen molar-refractivity contribution in [2.45, 2.75) is 84.9 Å². The molecule has 0 radical (unpaired) electrons. The molecule has 0 aromatic carbocycles. The Morgan fingerprint density at radius 2 is 1.84 bits per heavy atom. The third-order valence-corrected chi connectivity index (χ3v) is 3.39. The fraction of sp³-hybridized carbons (Fsp3) is 0.789. The summed E-state index contributed by atoms with van der Waals surface area (Å²) in [7, 11) is 0. The van der Waals surface area contributed by atoms with Crippen LogP contribution in [0.15, 0.2) is 0 Å². The van der Waals surface area contributed by atoms with Gasteiger partial charge >= 0.3 is 12.1 Å². The molecule has 0 saturated heterocycles. The third kappa shape index (κ3) is 12.3. The van der Waals surface area contributed by atoms with E-state index in [-0.39, 0.29) is 11.6 Å². The normalized spacial score (nSPS) is 20.4. The standard InChI is InChI=1S/C15H23NO4.C4H11N/c1-5-6-7-8-10-9-11(10)20-14(19)16-12(13(17)18)15(2,3)4;1-4(2,3)5/h1,10-12H,6-9H2,2-4H3,(H,16,19)(H,17,18);5H2,1-3H3. The molecule has 1 rings (SSSR count). The fourth-order valence-corrected chi connectivity index (χ4v) is 2.07. The van der Waals surface area contributed by atoms with Gasteiger partial charge in [0.25, 0.3) is 0 Å². The Balaban J connectivity index is 0.00000101. The van der Waals surface area contributed by atoms with Crippen LogP contribution in [0.5, 0.6) is 0 Å². The molecule has 0 bridgehead atoms. The van der Waals surface area contributed by atoms with Gasteiger partial charge in [0.05, 0.1) is 0 Å². The summed E-state index contributed by atoms with van der Waals surface area (Å²) in [6.45, 7) is 11.2. The Kier molecular flexibility index (Phi) is 8.99. The zero-order valence-electron chi connectivity index (χ0n) is 16.4. The number of amides is 1. The van der Waals surface area contributed by atoms with Crippen LogP contribution in [0.4, 0.5) is 4.79 Å². The molecule has 25 heavy (non-hydrogen) atoms. The number of hydrogen-bond donors (Lipinski definition) is 3. The lowest BCUT2D eigenvalue weighted by Crippen LogP contribution is -2.49. The number of hydrogen-bond acceptors (Lipinski definition) is 4. The molecule has 1 saturated carbocycles. The van der Waals surface area contributed by atoms with Crippen molar-refractivity contribution in [1.29, 1.82) is 0 Å². The van der Waals surface area contributed by atoms with Gasteiger partial charge in [0.1, 0.15) is 12.1 Å². The molecular formula is C19H34N2O4. The van der Waals surface area contributed by atoms with Crippen LogP contribution in [0, 0.1) is 23.7 Å². The summed E-state index contributed by atoms with van der Waals surface area (Å²) >= 11 is 0. The van der Waals surface area contributed by atoms with Gasteiger partial charge in [-0.2, -0.15) is 0 Å². The van der Waals surface area contributed by atoms with E-state index in [0.29, 0.717) is 5.92 Å². The number of carboxylic acids is 1. The van der Waals surface area contributed by atoms with Gasteiger partial charge in [-0.25, -0.2) is 9.59 Å². The molecule has 6 heteroatoms. The Bertz CT molecular complexity index is 477. The van der Waals surface area contributed by atoms with E-state index in [4.69, 9.17) is 22.0 Å². The summed E-state index contributed by atoms with van der Waals surface area (Å²) < 4.78 is 5.22. The Hall–Kier alpha value is -1.74. The summed E-state index contributed by atoms with van der Waals surface area (Å²) in [6, 6.07) is -0.964. The highest BCUT2D eigenvalue weighted by molar-refractivity contribution is 5.80. The number of carbonyl (C=O) groups is 2. The molecule has 1 aliphatic rings. The average molecular weight is 354 g/mol. The van der Waals surface area contributed by atoms with Gasteiger partial charge < -0.3 is 20.9 Å². The quantitative estimate of drug-likeness (QED) is 0.502. The first-order chi connectivity index (χ1) is 11.3. The number of unbranched alkanes of at least 4 members (excludes halogenated alkanes) is 1. The van der Waals surface area contributed by atoms with Gasteiger partial charge in [0, 0.05) is 12.0 Å². The first-order valence-electron chi connectivity index (χ1n) is 8.68. The molecule has 1 fully saturated rings.